The summed E-state index contributed by atoms with van der Waals surface area (Å²) in [5.74, 6) is -2.42. The van der Waals surface area contributed by atoms with Crippen molar-refractivity contribution in [2.24, 2.45) is 0 Å². The van der Waals surface area contributed by atoms with Crippen molar-refractivity contribution in [1.29, 1.82) is 0 Å². The van der Waals surface area contributed by atoms with E-state index in [0.717, 1.165) is 0 Å². The number of pyridine rings is 1. The lowest BCUT2D eigenvalue weighted by Crippen LogP contribution is -2.52. The van der Waals surface area contributed by atoms with Gasteiger partial charge < -0.3 is 25.0 Å². The Labute approximate surface area is 170 Å². The zero-order chi connectivity index (χ0) is 21.6. The van der Waals surface area contributed by atoms with E-state index < -0.39 is 41.2 Å². The second kappa shape index (κ2) is 7.54. The van der Waals surface area contributed by atoms with E-state index in [1.165, 1.54) is 39.9 Å². The first-order valence-corrected chi connectivity index (χ1v) is 9.51. The summed E-state index contributed by atoms with van der Waals surface area (Å²) in [6.45, 7) is 2.67. The summed E-state index contributed by atoms with van der Waals surface area (Å²) in [7, 11) is 0. The summed E-state index contributed by atoms with van der Waals surface area (Å²) in [6.07, 6.45) is 0.0355. The number of fused-ring (bicyclic) bond motifs is 2. The number of rotatable bonds is 4. The number of amides is 2. The second-order valence-electron chi connectivity index (χ2n) is 7.38. The van der Waals surface area contributed by atoms with E-state index in [-0.39, 0.29) is 24.3 Å². The summed E-state index contributed by atoms with van der Waals surface area (Å²) in [6, 6.07) is 5.53. The molecule has 3 N–H and O–H groups in total. The molecule has 158 valence electrons. The Morgan fingerprint density at radius 3 is 2.63 bits per heavy atom. The van der Waals surface area contributed by atoms with Crippen molar-refractivity contribution in [2.45, 2.75) is 32.4 Å². The fourth-order valence-electron chi connectivity index (χ4n) is 3.95. The molecule has 0 saturated carbocycles. The van der Waals surface area contributed by atoms with Crippen LogP contribution in [0.2, 0.25) is 0 Å². The average Bonchev–Trinajstić information content (AvgIpc) is 3.14. The third kappa shape index (κ3) is 3.33. The standard InChI is InChI=1S/C20H21FN4O5/c1-11(26)24-6-7-25-15(24)10-23-9-14(17(27)18(28)16(23)20(25)30)19(29)22-8-12-2-4-13(21)5-3-12/h2-5,9,11,15,26,28H,6-8,10H2,1H3,(H,22,29). The zero-order valence-corrected chi connectivity index (χ0v) is 16.2. The average molecular weight is 416 g/mol. The quantitative estimate of drug-likeness (QED) is 0.649. The van der Waals surface area contributed by atoms with Crippen molar-refractivity contribution in [3.8, 4) is 5.75 Å². The molecule has 2 unspecified atom stereocenters. The van der Waals surface area contributed by atoms with E-state index >= 15 is 0 Å². The van der Waals surface area contributed by atoms with Crippen LogP contribution in [0.25, 0.3) is 0 Å². The highest BCUT2D eigenvalue weighted by Crippen LogP contribution is 2.29. The summed E-state index contributed by atoms with van der Waals surface area (Å²) in [5.41, 5.74) is -0.771. The van der Waals surface area contributed by atoms with Gasteiger partial charge in [0.1, 0.15) is 23.8 Å². The van der Waals surface area contributed by atoms with Crippen LogP contribution in [-0.2, 0) is 13.1 Å². The minimum Gasteiger partial charge on any atom is -0.503 e. The van der Waals surface area contributed by atoms with Crippen LogP contribution in [0.15, 0.2) is 35.3 Å². The van der Waals surface area contributed by atoms with Gasteiger partial charge in [-0.2, -0.15) is 0 Å². The molecule has 30 heavy (non-hydrogen) atoms. The van der Waals surface area contributed by atoms with E-state index in [9.17, 15) is 29.0 Å². The van der Waals surface area contributed by atoms with Gasteiger partial charge in [0.25, 0.3) is 11.8 Å². The van der Waals surface area contributed by atoms with Gasteiger partial charge in [0.05, 0.1) is 6.54 Å². The van der Waals surface area contributed by atoms with Crippen molar-refractivity contribution in [1.82, 2.24) is 19.7 Å². The Morgan fingerprint density at radius 2 is 1.97 bits per heavy atom. The van der Waals surface area contributed by atoms with Crippen LogP contribution >= 0.6 is 0 Å². The number of halogens is 1. The summed E-state index contributed by atoms with van der Waals surface area (Å²) < 4.78 is 14.4. The van der Waals surface area contributed by atoms with E-state index in [0.29, 0.717) is 18.7 Å². The van der Waals surface area contributed by atoms with Gasteiger partial charge in [-0.3, -0.25) is 19.3 Å². The molecule has 1 fully saturated rings. The molecule has 9 nitrogen and oxygen atoms in total. The van der Waals surface area contributed by atoms with Crippen molar-refractivity contribution in [3.63, 3.8) is 0 Å². The Balaban J connectivity index is 1.62. The minimum atomic E-state index is -0.934. The van der Waals surface area contributed by atoms with Crippen molar-refractivity contribution < 1.29 is 24.2 Å². The monoisotopic (exact) mass is 416 g/mol. The van der Waals surface area contributed by atoms with Gasteiger partial charge in [-0.1, -0.05) is 12.1 Å². The smallest absolute Gasteiger partial charge is 0.275 e. The number of carbonyl (C=O) groups is 2. The predicted molar refractivity (Wildman–Crippen MR) is 103 cm³/mol. The van der Waals surface area contributed by atoms with E-state index in [4.69, 9.17) is 0 Å². The molecular formula is C20H21FN4O5. The first kappa shape index (κ1) is 20.0. The minimum absolute atomic E-state index is 0.0617. The number of aromatic hydroxyl groups is 1. The van der Waals surface area contributed by atoms with Crippen LogP contribution in [-0.4, -0.2) is 61.9 Å². The number of aliphatic hydroxyl groups is 1. The third-order valence-electron chi connectivity index (χ3n) is 5.51. The van der Waals surface area contributed by atoms with Gasteiger partial charge in [-0.05, 0) is 24.6 Å². The van der Waals surface area contributed by atoms with Crippen LogP contribution in [0, 0.1) is 5.82 Å². The molecule has 0 aliphatic carbocycles. The Hall–Kier alpha value is -3.24. The highest BCUT2D eigenvalue weighted by Gasteiger charge is 2.43. The van der Waals surface area contributed by atoms with Gasteiger partial charge in [0.2, 0.25) is 5.43 Å². The number of hydrogen-bond donors (Lipinski definition) is 3. The molecule has 1 saturated heterocycles. The first-order valence-electron chi connectivity index (χ1n) is 9.51. The zero-order valence-electron chi connectivity index (χ0n) is 16.2. The number of benzene rings is 1. The van der Waals surface area contributed by atoms with Gasteiger partial charge >= 0.3 is 0 Å². The lowest BCUT2D eigenvalue weighted by atomic mass is 10.1. The number of aromatic nitrogens is 1. The van der Waals surface area contributed by atoms with E-state index in [1.807, 2.05) is 0 Å². The Morgan fingerprint density at radius 1 is 1.27 bits per heavy atom. The largest absolute Gasteiger partial charge is 0.503 e. The molecule has 0 radical (unpaired) electrons. The van der Waals surface area contributed by atoms with Crippen LogP contribution in [0.3, 0.4) is 0 Å². The molecule has 2 amide bonds. The summed E-state index contributed by atoms with van der Waals surface area (Å²) in [4.78, 5) is 41.2. The molecule has 3 heterocycles. The van der Waals surface area contributed by atoms with Crippen molar-refractivity contribution in [3.05, 3.63) is 63.3 Å². The maximum Gasteiger partial charge on any atom is 0.275 e. The van der Waals surface area contributed by atoms with Crippen molar-refractivity contribution >= 4 is 11.8 Å². The molecular weight excluding hydrogens is 395 g/mol. The number of aliphatic hydroxyl groups excluding tert-OH is 1. The van der Waals surface area contributed by atoms with Crippen LogP contribution in [0.1, 0.15) is 33.3 Å². The van der Waals surface area contributed by atoms with Crippen LogP contribution < -0.4 is 10.7 Å². The fraction of sp³-hybridized carbons (Fsp3) is 0.350. The fourth-order valence-corrected chi connectivity index (χ4v) is 3.95. The van der Waals surface area contributed by atoms with Gasteiger partial charge in [-0.15, -0.1) is 0 Å². The number of nitrogens with one attached hydrogen (secondary N) is 1. The normalized spacial score (nSPS) is 19.4. The topological polar surface area (TPSA) is 115 Å². The molecule has 0 bridgehead atoms. The lowest BCUT2D eigenvalue weighted by Gasteiger charge is -2.37. The lowest BCUT2D eigenvalue weighted by molar-refractivity contribution is -0.0233. The maximum absolute atomic E-state index is 13.0. The third-order valence-corrected chi connectivity index (χ3v) is 5.51. The van der Waals surface area contributed by atoms with E-state index in [1.54, 1.807) is 11.8 Å². The van der Waals surface area contributed by atoms with Crippen LogP contribution in [0.4, 0.5) is 4.39 Å². The summed E-state index contributed by atoms with van der Waals surface area (Å²) >= 11 is 0. The Kier molecular flexibility index (Phi) is 5.04. The molecule has 2 aliphatic heterocycles. The molecule has 2 aromatic rings. The molecule has 1 aromatic carbocycles. The SMILES string of the molecule is CC(O)N1CCN2C(=O)c3c(O)c(=O)c(C(=O)NCc4ccc(F)cc4)cn3CC21. The molecule has 0 spiro atoms. The second-order valence-corrected chi connectivity index (χ2v) is 7.38. The maximum atomic E-state index is 13.0. The van der Waals surface area contributed by atoms with Gasteiger partial charge in [0, 0.05) is 25.8 Å². The van der Waals surface area contributed by atoms with Crippen molar-refractivity contribution in [2.75, 3.05) is 13.1 Å². The highest BCUT2D eigenvalue weighted by molar-refractivity contribution is 5.99. The Bertz CT molecular complexity index is 1070. The number of hydrogen-bond acceptors (Lipinski definition) is 6. The molecule has 2 aliphatic rings. The van der Waals surface area contributed by atoms with Gasteiger partial charge in [0.15, 0.2) is 11.4 Å². The van der Waals surface area contributed by atoms with E-state index in [2.05, 4.69) is 5.32 Å². The predicted octanol–water partition coefficient (Wildman–Crippen LogP) is 0.0588. The summed E-state index contributed by atoms with van der Waals surface area (Å²) in [5, 5.41) is 22.9. The molecule has 2 atom stereocenters. The molecule has 4 rings (SSSR count). The molecule has 1 aromatic heterocycles. The highest BCUT2D eigenvalue weighted by atomic mass is 19.1. The number of nitrogens with zero attached hydrogens (tertiary/aromatic N) is 3. The molecule has 10 heteroatoms. The first-order chi connectivity index (χ1) is 14.3. The number of carbonyl (C=O) groups excluding carboxylic acids is 2. The van der Waals surface area contributed by atoms with Gasteiger partial charge in [-0.25, -0.2) is 4.39 Å². The van der Waals surface area contributed by atoms with Crippen LogP contribution in [0.5, 0.6) is 5.75 Å².